The van der Waals surface area contributed by atoms with E-state index in [1.54, 1.807) is 18.3 Å². The molecule has 0 atom stereocenters. The molecule has 0 saturated heterocycles. The average Bonchev–Trinajstić information content (AvgIpc) is 2.70. The van der Waals surface area contributed by atoms with Crippen LogP contribution in [0.2, 0.25) is 5.02 Å². The van der Waals surface area contributed by atoms with E-state index >= 15 is 0 Å². The second kappa shape index (κ2) is 9.88. The highest BCUT2D eigenvalue weighted by atomic mass is 35.5. The first kappa shape index (κ1) is 22.0. The van der Waals surface area contributed by atoms with E-state index in [-0.39, 0.29) is 19.0 Å². The molecule has 0 fully saturated rings. The molecule has 1 amide bonds. The molecule has 0 bridgehead atoms. The van der Waals surface area contributed by atoms with Crippen LogP contribution in [0, 0.1) is 0 Å². The van der Waals surface area contributed by atoms with Crippen LogP contribution in [0.25, 0.3) is 10.9 Å². The second-order valence-corrected chi connectivity index (χ2v) is 9.23. The number of benzene rings is 2. The van der Waals surface area contributed by atoms with Gasteiger partial charge in [-0.1, -0.05) is 41.9 Å². The predicted molar refractivity (Wildman–Crippen MR) is 120 cm³/mol. The van der Waals surface area contributed by atoms with Crippen LogP contribution < -0.4 is 10.6 Å². The van der Waals surface area contributed by atoms with Crippen LogP contribution in [0.1, 0.15) is 5.56 Å². The van der Waals surface area contributed by atoms with E-state index in [0.29, 0.717) is 18.1 Å². The lowest BCUT2D eigenvalue weighted by Gasteiger charge is -2.19. The molecule has 30 heavy (non-hydrogen) atoms. The lowest BCUT2D eigenvalue weighted by Crippen LogP contribution is -2.41. The van der Waals surface area contributed by atoms with Crippen molar-refractivity contribution in [3.63, 3.8) is 0 Å². The molecule has 3 aromatic rings. The topological polar surface area (TPSA) is 91.4 Å². The van der Waals surface area contributed by atoms with Gasteiger partial charge >= 0.3 is 0 Å². The van der Waals surface area contributed by atoms with Gasteiger partial charge in [0.05, 0.1) is 18.3 Å². The zero-order chi connectivity index (χ0) is 21.6. The molecule has 158 valence electrons. The summed E-state index contributed by atoms with van der Waals surface area (Å²) >= 11 is 6.00. The van der Waals surface area contributed by atoms with Crippen LogP contribution in [0.5, 0.6) is 0 Å². The number of pyridine rings is 1. The van der Waals surface area contributed by atoms with Gasteiger partial charge in [0.1, 0.15) is 0 Å². The van der Waals surface area contributed by atoms with Crippen LogP contribution in [-0.2, 0) is 21.4 Å². The quantitative estimate of drug-likeness (QED) is 0.493. The van der Waals surface area contributed by atoms with Crippen molar-refractivity contribution in [3.05, 3.63) is 71.4 Å². The van der Waals surface area contributed by atoms with E-state index in [4.69, 9.17) is 11.6 Å². The van der Waals surface area contributed by atoms with Gasteiger partial charge in [0, 0.05) is 41.9 Å². The fraction of sp³-hybridized carbons (Fsp3) is 0.238. The summed E-state index contributed by atoms with van der Waals surface area (Å²) in [6, 6.07) is 16.5. The molecule has 0 spiro atoms. The number of fused-ring (bicyclic) bond motifs is 1. The standard InChI is InChI=1S/C21H23ClN4O3S/c1-30(28,29)26(14-16-5-3-2-4-6-16)15-21(27)25-12-11-24-19-9-10-23-20-13-17(22)7-8-18(19)20/h2-10,13H,11-12,14-15H2,1H3,(H,23,24)(H,25,27). The van der Waals surface area contributed by atoms with Crippen molar-refractivity contribution < 1.29 is 13.2 Å². The average molecular weight is 447 g/mol. The minimum atomic E-state index is -3.52. The van der Waals surface area contributed by atoms with E-state index < -0.39 is 10.0 Å². The number of carbonyl (C=O) groups is 1. The van der Waals surface area contributed by atoms with Gasteiger partial charge in [0.25, 0.3) is 0 Å². The summed E-state index contributed by atoms with van der Waals surface area (Å²) in [5, 5.41) is 7.56. The summed E-state index contributed by atoms with van der Waals surface area (Å²) in [6.45, 7) is 0.742. The first-order chi connectivity index (χ1) is 14.3. The number of aromatic nitrogens is 1. The number of hydrogen-bond acceptors (Lipinski definition) is 5. The monoisotopic (exact) mass is 446 g/mol. The van der Waals surface area contributed by atoms with Crippen molar-refractivity contribution in [2.24, 2.45) is 0 Å². The maximum atomic E-state index is 12.3. The highest BCUT2D eigenvalue weighted by Crippen LogP contribution is 2.24. The molecule has 3 rings (SSSR count). The fourth-order valence-corrected chi connectivity index (χ4v) is 3.87. The SMILES string of the molecule is CS(=O)(=O)N(CC(=O)NCCNc1ccnc2cc(Cl)ccc12)Cc1ccccc1. The lowest BCUT2D eigenvalue weighted by atomic mass is 10.2. The van der Waals surface area contributed by atoms with Crippen molar-refractivity contribution in [3.8, 4) is 0 Å². The second-order valence-electron chi connectivity index (χ2n) is 6.81. The first-order valence-corrected chi connectivity index (χ1v) is 11.6. The number of nitrogens with zero attached hydrogens (tertiary/aromatic N) is 2. The molecule has 2 aromatic carbocycles. The van der Waals surface area contributed by atoms with Crippen LogP contribution in [0.3, 0.4) is 0 Å². The summed E-state index contributed by atoms with van der Waals surface area (Å²) in [7, 11) is -3.52. The Morgan fingerprint density at radius 3 is 2.60 bits per heavy atom. The normalized spacial score (nSPS) is 11.6. The van der Waals surface area contributed by atoms with E-state index in [1.807, 2.05) is 42.5 Å². The number of sulfonamides is 1. The van der Waals surface area contributed by atoms with Crippen molar-refractivity contribution in [1.82, 2.24) is 14.6 Å². The van der Waals surface area contributed by atoms with Gasteiger partial charge in [0.2, 0.25) is 15.9 Å². The molecule has 9 heteroatoms. The van der Waals surface area contributed by atoms with Crippen LogP contribution in [0.4, 0.5) is 5.69 Å². The summed E-state index contributed by atoms with van der Waals surface area (Å²) < 4.78 is 25.3. The van der Waals surface area contributed by atoms with E-state index in [9.17, 15) is 13.2 Å². The van der Waals surface area contributed by atoms with Crippen molar-refractivity contribution >= 4 is 44.1 Å². The van der Waals surface area contributed by atoms with Gasteiger partial charge in [-0.25, -0.2) is 8.42 Å². The summed E-state index contributed by atoms with van der Waals surface area (Å²) in [4.78, 5) is 16.6. The number of hydrogen-bond donors (Lipinski definition) is 2. The summed E-state index contributed by atoms with van der Waals surface area (Å²) in [5.41, 5.74) is 2.48. The van der Waals surface area contributed by atoms with Gasteiger partial charge in [-0.2, -0.15) is 4.31 Å². The maximum Gasteiger partial charge on any atom is 0.235 e. The Labute approximate surface area is 181 Å². The molecule has 2 N–H and O–H groups in total. The number of nitrogens with one attached hydrogen (secondary N) is 2. The van der Waals surface area contributed by atoms with E-state index in [2.05, 4.69) is 15.6 Å². The highest BCUT2D eigenvalue weighted by molar-refractivity contribution is 7.88. The number of anilines is 1. The smallest absolute Gasteiger partial charge is 0.235 e. The van der Waals surface area contributed by atoms with Crippen LogP contribution in [0.15, 0.2) is 60.8 Å². The van der Waals surface area contributed by atoms with Gasteiger partial charge in [-0.15, -0.1) is 0 Å². The zero-order valence-corrected chi connectivity index (χ0v) is 18.1. The van der Waals surface area contributed by atoms with Crippen molar-refractivity contribution in [1.29, 1.82) is 0 Å². The van der Waals surface area contributed by atoms with Crippen LogP contribution >= 0.6 is 11.6 Å². The predicted octanol–water partition coefficient (Wildman–Crippen LogP) is 2.88. The molecule has 1 heterocycles. The molecule has 0 aliphatic carbocycles. The molecule has 0 unspecified atom stereocenters. The Bertz CT molecular complexity index is 1120. The largest absolute Gasteiger partial charge is 0.383 e. The summed E-state index contributed by atoms with van der Waals surface area (Å²) in [6.07, 6.45) is 2.79. The third kappa shape index (κ3) is 6.16. The van der Waals surface area contributed by atoms with Gasteiger partial charge < -0.3 is 10.6 Å². The Morgan fingerprint density at radius 1 is 1.10 bits per heavy atom. The molecule has 1 aromatic heterocycles. The molecular weight excluding hydrogens is 424 g/mol. The third-order valence-electron chi connectivity index (χ3n) is 4.46. The highest BCUT2D eigenvalue weighted by Gasteiger charge is 2.20. The molecular formula is C21H23ClN4O3S. The fourth-order valence-electron chi connectivity index (χ4n) is 2.97. The third-order valence-corrected chi connectivity index (χ3v) is 5.89. The minimum Gasteiger partial charge on any atom is -0.383 e. The molecule has 0 radical (unpaired) electrons. The Morgan fingerprint density at radius 2 is 1.87 bits per heavy atom. The number of amides is 1. The maximum absolute atomic E-state index is 12.3. The first-order valence-electron chi connectivity index (χ1n) is 9.37. The van der Waals surface area contributed by atoms with Crippen molar-refractivity contribution in [2.75, 3.05) is 31.2 Å². The molecule has 0 aliphatic heterocycles. The number of carbonyl (C=O) groups excluding carboxylic acids is 1. The van der Waals surface area contributed by atoms with Gasteiger partial charge in [0.15, 0.2) is 0 Å². The number of rotatable bonds is 9. The Kier molecular flexibility index (Phi) is 7.25. The Hall–Kier alpha value is -2.68. The van der Waals surface area contributed by atoms with E-state index in [1.165, 1.54) is 0 Å². The molecule has 0 saturated carbocycles. The van der Waals surface area contributed by atoms with Gasteiger partial charge in [-0.05, 0) is 29.8 Å². The van der Waals surface area contributed by atoms with E-state index in [0.717, 1.165) is 32.7 Å². The molecule has 0 aliphatic rings. The molecule has 7 nitrogen and oxygen atoms in total. The minimum absolute atomic E-state index is 0.150. The number of halogens is 1. The van der Waals surface area contributed by atoms with Crippen molar-refractivity contribution in [2.45, 2.75) is 6.54 Å². The zero-order valence-electron chi connectivity index (χ0n) is 16.5. The Balaban J connectivity index is 1.52. The lowest BCUT2D eigenvalue weighted by molar-refractivity contribution is -0.121. The van der Waals surface area contributed by atoms with Crippen LogP contribution in [-0.4, -0.2) is 49.5 Å². The van der Waals surface area contributed by atoms with Gasteiger partial charge in [-0.3, -0.25) is 9.78 Å². The summed E-state index contributed by atoms with van der Waals surface area (Å²) in [5.74, 6) is -0.357.